The van der Waals surface area contributed by atoms with E-state index in [1.807, 2.05) is 57.7 Å². The highest BCUT2D eigenvalue weighted by Crippen LogP contribution is 2.32. The Labute approximate surface area is 193 Å². The Morgan fingerprint density at radius 2 is 1.58 bits per heavy atom. The molecule has 0 bridgehead atoms. The van der Waals surface area contributed by atoms with E-state index in [2.05, 4.69) is 0 Å². The smallest absolute Gasteiger partial charge is 0.410 e. The number of amides is 3. The molecular weight excluding hydrogens is 434 g/mol. The van der Waals surface area contributed by atoms with E-state index >= 15 is 0 Å². The van der Waals surface area contributed by atoms with Crippen molar-refractivity contribution in [3.05, 3.63) is 29.3 Å². The van der Waals surface area contributed by atoms with E-state index in [9.17, 15) is 14.4 Å². The number of hydrogen-bond acceptors (Lipinski definition) is 6. The molecule has 0 N–H and O–H groups in total. The van der Waals surface area contributed by atoms with Crippen molar-refractivity contribution in [2.75, 3.05) is 31.1 Å². The number of nitrogens with zero attached hydrogens (tertiary/aromatic N) is 3. The first-order valence-corrected chi connectivity index (χ1v) is 11.6. The zero-order chi connectivity index (χ0) is 22.9. The molecule has 7 nitrogen and oxygen atoms in total. The van der Waals surface area contributed by atoms with Gasteiger partial charge in [-0.2, -0.15) is 0 Å². The van der Waals surface area contributed by atoms with Crippen molar-refractivity contribution in [2.45, 2.75) is 51.9 Å². The van der Waals surface area contributed by atoms with Gasteiger partial charge in [0.1, 0.15) is 15.2 Å². The Morgan fingerprint density at radius 3 is 2.13 bits per heavy atom. The molecule has 1 aromatic carbocycles. The van der Waals surface area contributed by atoms with Gasteiger partial charge in [0, 0.05) is 32.6 Å². The van der Waals surface area contributed by atoms with Gasteiger partial charge in [0.2, 0.25) is 11.8 Å². The molecular formula is C22H29N3O4S2. The normalized spacial score (nSPS) is 19.8. The van der Waals surface area contributed by atoms with Crippen LogP contribution in [0.15, 0.2) is 18.2 Å². The number of hydrogen-bond donors (Lipinski definition) is 0. The van der Waals surface area contributed by atoms with Gasteiger partial charge in [-0.15, -0.1) is 0 Å². The molecule has 2 fully saturated rings. The number of thiocarbonyl (C=S) groups is 1. The molecule has 0 radical (unpaired) electrons. The van der Waals surface area contributed by atoms with Crippen molar-refractivity contribution in [1.29, 1.82) is 0 Å². The minimum Gasteiger partial charge on any atom is -0.444 e. The molecule has 3 amide bonds. The highest BCUT2D eigenvalue weighted by atomic mass is 32.2. The second-order valence-corrected chi connectivity index (χ2v) is 10.8. The van der Waals surface area contributed by atoms with Crippen molar-refractivity contribution in [3.8, 4) is 0 Å². The predicted octanol–water partition coefficient (Wildman–Crippen LogP) is 3.51. The number of imide groups is 1. The molecule has 168 valence electrons. The third-order valence-corrected chi connectivity index (χ3v) is 6.66. The molecule has 3 rings (SSSR count). The third-order valence-electron chi connectivity index (χ3n) is 5.00. The van der Waals surface area contributed by atoms with E-state index in [0.717, 1.165) is 11.1 Å². The Balaban J connectivity index is 1.57. The van der Waals surface area contributed by atoms with Crippen LogP contribution in [-0.2, 0) is 14.3 Å². The lowest BCUT2D eigenvalue weighted by atomic mass is 10.1. The summed E-state index contributed by atoms with van der Waals surface area (Å²) in [4.78, 5) is 42.7. The van der Waals surface area contributed by atoms with Crippen LogP contribution in [0.5, 0.6) is 0 Å². The van der Waals surface area contributed by atoms with Crippen molar-refractivity contribution < 1.29 is 19.1 Å². The third kappa shape index (κ3) is 5.77. The van der Waals surface area contributed by atoms with Crippen LogP contribution in [0.3, 0.4) is 0 Å². The molecule has 9 heteroatoms. The van der Waals surface area contributed by atoms with E-state index in [-0.39, 0.29) is 24.3 Å². The van der Waals surface area contributed by atoms with E-state index < -0.39 is 10.9 Å². The molecule has 31 heavy (non-hydrogen) atoms. The maximum Gasteiger partial charge on any atom is 0.410 e. The van der Waals surface area contributed by atoms with Gasteiger partial charge >= 0.3 is 6.09 Å². The highest BCUT2D eigenvalue weighted by Gasteiger charge is 2.41. The van der Waals surface area contributed by atoms with Gasteiger partial charge in [-0.25, -0.2) is 9.69 Å². The van der Waals surface area contributed by atoms with Crippen LogP contribution in [0, 0.1) is 13.8 Å². The van der Waals surface area contributed by atoms with Gasteiger partial charge < -0.3 is 14.5 Å². The van der Waals surface area contributed by atoms with E-state index in [0.29, 0.717) is 36.2 Å². The number of thioether (sulfide) groups is 1. The summed E-state index contributed by atoms with van der Waals surface area (Å²) < 4.78 is 6.00. The second kappa shape index (κ2) is 9.16. The average molecular weight is 464 g/mol. The van der Waals surface area contributed by atoms with Crippen molar-refractivity contribution >= 4 is 51.9 Å². The van der Waals surface area contributed by atoms with E-state index in [1.54, 1.807) is 4.90 Å². The minimum absolute atomic E-state index is 0.133. The van der Waals surface area contributed by atoms with Crippen LogP contribution >= 0.6 is 24.0 Å². The average Bonchev–Trinajstić information content (AvgIpc) is 2.93. The second-order valence-electron chi connectivity index (χ2n) is 8.94. The number of piperazine rings is 1. The molecule has 0 unspecified atom stereocenters. The van der Waals surface area contributed by atoms with Crippen LogP contribution < -0.4 is 4.90 Å². The van der Waals surface area contributed by atoms with Crippen molar-refractivity contribution in [1.82, 2.24) is 9.80 Å². The molecule has 0 saturated carbocycles. The van der Waals surface area contributed by atoms with Gasteiger partial charge in [-0.3, -0.25) is 9.59 Å². The Kier molecular flexibility index (Phi) is 6.95. The largest absolute Gasteiger partial charge is 0.444 e. The lowest BCUT2D eigenvalue weighted by molar-refractivity contribution is -0.121. The molecule has 2 aliphatic rings. The zero-order valence-corrected chi connectivity index (χ0v) is 20.3. The summed E-state index contributed by atoms with van der Waals surface area (Å²) in [5.74, 6) is -0.431. The first-order chi connectivity index (χ1) is 14.4. The summed E-state index contributed by atoms with van der Waals surface area (Å²) in [6.45, 7) is 11.6. The molecule has 0 aromatic heterocycles. The molecule has 0 aliphatic carbocycles. The number of carbonyl (C=O) groups is 3. The molecule has 1 aromatic rings. The molecule has 2 heterocycles. The SMILES string of the molecule is Cc1cc(C)cc(N2C(=O)C[C@@H](SC(=S)N3CCN(C(=O)OC(C)(C)C)CC3)C2=O)c1. The number of carbonyl (C=O) groups excluding carboxylic acids is 3. The summed E-state index contributed by atoms with van der Waals surface area (Å²) in [7, 11) is 0. The maximum atomic E-state index is 13.0. The standard InChI is InChI=1S/C22H29N3O4S2/c1-14-10-15(2)12-16(11-14)25-18(26)13-17(19(25)27)31-21(30)24-8-6-23(7-9-24)20(28)29-22(3,4)5/h10-12,17H,6-9,13H2,1-5H3/t17-/m1/s1. The van der Waals surface area contributed by atoms with Gasteiger partial charge in [0.25, 0.3) is 0 Å². The number of benzene rings is 1. The van der Waals surface area contributed by atoms with Gasteiger partial charge in [-0.1, -0.05) is 30.0 Å². The lowest BCUT2D eigenvalue weighted by Gasteiger charge is -2.36. The summed E-state index contributed by atoms with van der Waals surface area (Å²) in [6, 6.07) is 5.71. The quantitative estimate of drug-likeness (QED) is 0.491. The zero-order valence-electron chi connectivity index (χ0n) is 18.6. The van der Waals surface area contributed by atoms with Crippen molar-refractivity contribution in [3.63, 3.8) is 0 Å². The number of anilines is 1. The lowest BCUT2D eigenvalue weighted by Crippen LogP contribution is -2.51. The van der Waals surface area contributed by atoms with Crippen LogP contribution in [0.1, 0.15) is 38.3 Å². The molecule has 2 saturated heterocycles. The molecule has 2 aliphatic heterocycles. The monoisotopic (exact) mass is 463 g/mol. The number of aryl methyl sites for hydroxylation is 2. The number of ether oxygens (including phenoxy) is 1. The van der Waals surface area contributed by atoms with E-state index in [1.165, 1.54) is 16.7 Å². The predicted molar refractivity (Wildman–Crippen MR) is 126 cm³/mol. The number of rotatable bonds is 2. The first kappa shape index (κ1) is 23.5. The van der Waals surface area contributed by atoms with Crippen LogP contribution in [0.4, 0.5) is 10.5 Å². The maximum absolute atomic E-state index is 13.0. The highest BCUT2D eigenvalue weighted by molar-refractivity contribution is 8.23. The fourth-order valence-corrected chi connectivity index (χ4v) is 5.18. The minimum atomic E-state index is -0.531. The van der Waals surface area contributed by atoms with Crippen LogP contribution in [0.2, 0.25) is 0 Å². The Hall–Kier alpha value is -2.13. The van der Waals surface area contributed by atoms with Gasteiger partial charge in [-0.05, 0) is 57.9 Å². The Morgan fingerprint density at radius 1 is 1.03 bits per heavy atom. The Bertz CT molecular complexity index is 884. The fraction of sp³-hybridized carbons (Fsp3) is 0.545. The summed E-state index contributed by atoms with van der Waals surface area (Å²) in [6.07, 6.45) is -0.194. The topological polar surface area (TPSA) is 70.2 Å². The molecule has 1 atom stereocenters. The van der Waals surface area contributed by atoms with Crippen molar-refractivity contribution in [2.24, 2.45) is 0 Å². The first-order valence-electron chi connectivity index (χ1n) is 10.3. The van der Waals surface area contributed by atoms with Crippen LogP contribution in [-0.4, -0.2) is 69.1 Å². The van der Waals surface area contributed by atoms with Crippen LogP contribution in [0.25, 0.3) is 0 Å². The van der Waals surface area contributed by atoms with Gasteiger partial charge in [0.05, 0.1) is 5.69 Å². The van der Waals surface area contributed by atoms with E-state index in [4.69, 9.17) is 17.0 Å². The molecule has 0 spiro atoms. The fourth-order valence-electron chi connectivity index (χ4n) is 3.64. The summed E-state index contributed by atoms with van der Waals surface area (Å²) in [5, 5.41) is -0.523. The van der Waals surface area contributed by atoms with Gasteiger partial charge in [0.15, 0.2) is 0 Å². The summed E-state index contributed by atoms with van der Waals surface area (Å²) in [5.41, 5.74) is 2.10. The summed E-state index contributed by atoms with van der Waals surface area (Å²) >= 11 is 6.83.